The first-order valence-corrected chi connectivity index (χ1v) is 12.6. The van der Waals surface area contributed by atoms with Crippen molar-refractivity contribution in [2.24, 2.45) is 0 Å². The molecule has 1 aromatic carbocycles. The molecule has 16 heteroatoms. The number of nitrogens with zero attached hydrogens (tertiary/aromatic N) is 3. The summed E-state index contributed by atoms with van der Waals surface area (Å²) < 4.78 is 6.68. The largest absolute Gasteiger partial charge is 0.547 e. The number of hydrogen-bond acceptors (Lipinski definition) is 8. The summed E-state index contributed by atoms with van der Waals surface area (Å²) in [4.78, 5) is 76.3. The van der Waals surface area contributed by atoms with Gasteiger partial charge in [-0.15, -0.1) is 0 Å². The SMILES string of the molecule is CCN1CCN(C(=O)NC(C(=O)NC2Cc3cccc(C(=O)O)c3OB2O)c2ccc[n+](CC(=O)O)c2)C(=O)C1=O. The van der Waals surface area contributed by atoms with E-state index in [2.05, 4.69) is 10.6 Å². The minimum atomic E-state index is -1.64. The lowest BCUT2D eigenvalue weighted by molar-refractivity contribution is -0.686. The van der Waals surface area contributed by atoms with Crippen LogP contribution in [-0.4, -0.2) is 93.4 Å². The third-order valence-electron chi connectivity index (χ3n) is 6.68. The highest BCUT2D eigenvalue weighted by Crippen LogP contribution is 2.30. The lowest BCUT2D eigenvalue weighted by Gasteiger charge is -2.33. The molecule has 0 aliphatic carbocycles. The molecule has 0 radical (unpaired) electrons. The number of aliphatic carboxylic acids is 1. The maximum absolute atomic E-state index is 13.5. The zero-order valence-corrected chi connectivity index (χ0v) is 21.9. The van der Waals surface area contributed by atoms with Crippen molar-refractivity contribution in [1.29, 1.82) is 0 Å². The van der Waals surface area contributed by atoms with Crippen molar-refractivity contribution in [2.45, 2.75) is 31.9 Å². The number of benzene rings is 1. The van der Waals surface area contributed by atoms with Gasteiger partial charge in [-0.25, -0.2) is 14.4 Å². The van der Waals surface area contributed by atoms with Crippen molar-refractivity contribution in [3.63, 3.8) is 0 Å². The Morgan fingerprint density at radius 3 is 2.56 bits per heavy atom. The van der Waals surface area contributed by atoms with Gasteiger partial charge in [-0.1, -0.05) is 12.1 Å². The summed E-state index contributed by atoms with van der Waals surface area (Å²) in [6.45, 7) is 1.53. The van der Waals surface area contributed by atoms with Crippen LogP contribution in [0.5, 0.6) is 5.75 Å². The number of likely N-dealkylation sites (N-methyl/N-ethyl adjacent to an activating group) is 1. The summed E-state index contributed by atoms with van der Waals surface area (Å²) in [6.07, 6.45) is 2.75. The molecule has 2 aliphatic rings. The minimum Gasteiger partial charge on any atom is -0.534 e. The zero-order chi connectivity index (χ0) is 29.8. The van der Waals surface area contributed by atoms with Gasteiger partial charge in [0.25, 0.3) is 0 Å². The maximum atomic E-state index is 13.5. The molecule has 2 atom stereocenters. The monoisotopic (exact) mass is 568 g/mol. The number of para-hydroxylation sites is 1. The fraction of sp³-hybridized carbons (Fsp3) is 0.320. The Morgan fingerprint density at radius 2 is 1.88 bits per heavy atom. The number of piperazine rings is 1. The minimum absolute atomic E-state index is 0.0101. The van der Waals surface area contributed by atoms with Gasteiger partial charge in [-0.05, 0) is 31.0 Å². The molecule has 3 heterocycles. The quantitative estimate of drug-likeness (QED) is 0.139. The number of carbonyl (C=O) groups excluding carboxylic acids is 4. The Labute approximate surface area is 233 Å². The first-order valence-electron chi connectivity index (χ1n) is 12.6. The van der Waals surface area contributed by atoms with E-state index in [4.69, 9.17) is 9.76 Å². The predicted octanol–water partition coefficient (Wildman–Crippen LogP) is -1.66. The molecule has 0 bridgehead atoms. The van der Waals surface area contributed by atoms with E-state index in [1.165, 1.54) is 46.1 Å². The number of aromatic carboxylic acids is 1. The molecule has 5 N–H and O–H groups in total. The molecule has 41 heavy (non-hydrogen) atoms. The first-order chi connectivity index (χ1) is 19.5. The van der Waals surface area contributed by atoms with E-state index in [0.29, 0.717) is 10.5 Å². The summed E-state index contributed by atoms with van der Waals surface area (Å²) in [5, 5.41) is 34.2. The lowest BCUT2D eigenvalue weighted by atomic mass is 9.72. The van der Waals surface area contributed by atoms with E-state index in [-0.39, 0.29) is 42.9 Å². The summed E-state index contributed by atoms with van der Waals surface area (Å²) in [7, 11) is -1.64. The van der Waals surface area contributed by atoms with Crippen molar-refractivity contribution in [2.75, 3.05) is 19.6 Å². The number of carboxylic acid groups (broad SMARTS) is 2. The van der Waals surface area contributed by atoms with Crippen molar-refractivity contribution in [1.82, 2.24) is 20.4 Å². The molecule has 15 nitrogen and oxygen atoms in total. The predicted molar refractivity (Wildman–Crippen MR) is 137 cm³/mol. The summed E-state index contributed by atoms with van der Waals surface area (Å²) in [5.74, 6) is -6.29. The number of imide groups is 1. The van der Waals surface area contributed by atoms with E-state index >= 15 is 0 Å². The normalized spacial score (nSPS) is 17.3. The Hall–Kier alpha value is -4.99. The molecule has 1 aromatic heterocycles. The van der Waals surface area contributed by atoms with E-state index in [0.717, 1.165) is 0 Å². The average Bonchev–Trinajstić information content (AvgIpc) is 2.92. The molecule has 0 saturated carbocycles. The molecule has 4 rings (SSSR count). The molecular formula is C25H27BN5O10+. The van der Waals surface area contributed by atoms with Crippen LogP contribution in [0.1, 0.15) is 34.5 Å². The van der Waals surface area contributed by atoms with Crippen molar-refractivity contribution in [3.8, 4) is 5.75 Å². The Balaban J connectivity index is 1.59. The molecule has 5 amide bonds. The Kier molecular flexibility index (Phi) is 8.52. The van der Waals surface area contributed by atoms with Crippen molar-refractivity contribution >= 4 is 42.8 Å². The molecule has 214 valence electrons. The Morgan fingerprint density at radius 1 is 1.12 bits per heavy atom. The number of carbonyl (C=O) groups is 6. The van der Waals surface area contributed by atoms with Crippen LogP contribution in [0.3, 0.4) is 0 Å². The lowest BCUT2D eigenvalue weighted by Crippen LogP contribution is -2.60. The van der Waals surface area contributed by atoms with Crippen LogP contribution in [0.15, 0.2) is 42.7 Å². The van der Waals surface area contributed by atoms with Gasteiger partial charge in [0.05, 0.1) is 11.5 Å². The number of rotatable bonds is 8. The van der Waals surface area contributed by atoms with Gasteiger partial charge in [0.1, 0.15) is 11.8 Å². The van der Waals surface area contributed by atoms with Gasteiger partial charge in [0.2, 0.25) is 12.5 Å². The maximum Gasteiger partial charge on any atom is 0.547 e. The van der Waals surface area contributed by atoms with E-state index < -0.39 is 61.3 Å². The molecule has 2 aromatic rings. The van der Waals surface area contributed by atoms with Crippen molar-refractivity contribution < 1.29 is 53.2 Å². The molecule has 1 saturated heterocycles. The number of amides is 5. The summed E-state index contributed by atoms with van der Waals surface area (Å²) in [6, 6.07) is 4.78. The number of carboxylic acids is 2. The van der Waals surface area contributed by atoms with Crippen molar-refractivity contribution in [3.05, 3.63) is 59.4 Å². The molecule has 1 fully saturated rings. The number of nitrogens with one attached hydrogen (secondary N) is 2. The number of fused-ring (bicyclic) bond motifs is 1. The van der Waals surface area contributed by atoms with Gasteiger partial charge >= 0.3 is 36.9 Å². The molecule has 2 unspecified atom stereocenters. The second kappa shape index (κ2) is 12.0. The fourth-order valence-electron chi connectivity index (χ4n) is 4.62. The highest BCUT2D eigenvalue weighted by Gasteiger charge is 2.41. The van der Waals surface area contributed by atoms with E-state index in [9.17, 15) is 38.9 Å². The van der Waals surface area contributed by atoms with Crippen LogP contribution >= 0.6 is 0 Å². The summed E-state index contributed by atoms with van der Waals surface area (Å²) >= 11 is 0. The van der Waals surface area contributed by atoms with Crippen LogP contribution in [0.25, 0.3) is 0 Å². The zero-order valence-electron chi connectivity index (χ0n) is 21.9. The highest BCUT2D eigenvalue weighted by atomic mass is 16.5. The van der Waals surface area contributed by atoms with Gasteiger partial charge in [-0.2, -0.15) is 4.57 Å². The average molecular weight is 568 g/mol. The molecule has 2 aliphatic heterocycles. The second-order valence-electron chi connectivity index (χ2n) is 9.35. The van der Waals surface area contributed by atoms with Gasteiger partial charge in [0.15, 0.2) is 12.4 Å². The van der Waals surface area contributed by atoms with Gasteiger partial charge in [-0.3, -0.25) is 19.3 Å². The van der Waals surface area contributed by atoms with Gasteiger partial charge in [0, 0.05) is 31.3 Å². The first kappa shape index (κ1) is 29.0. The van der Waals surface area contributed by atoms with Crippen LogP contribution in [0.2, 0.25) is 0 Å². The number of pyridine rings is 1. The topological polar surface area (TPSA) is 207 Å². The van der Waals surface area contributed by atoms with Gasteiger partial charge < -0.3 is 35.4 Å². The number of aromatic nitrogens is 1. The summed E-state index contributed by atoms with van der Waals surface area (Å²) in [5.41, 5.74) is 0.398. The van der Waals surface area contributed by atoms with Crippen LogP contribution < -0.4 is 19.9 Å². The van der Waals surface area contributed by atoms with E-state index in [1.807, 2.05) is 0 Å². The number of urea groups is 1. The van der Waals surface area contributed by atoms with Crippen LogP contribution in [0.4, 0.5) is 4.79 Å². The van der Waals surface area contributed by atoms with E-state index in [1.54, 1.807) is 13.0 Å². The van der Waals surface area contributed by atoms with Crippen LogP contribution in [0, 0.1) is 0 Å². The molecule has 0 spiro atoms. The highest BCUT2D eigenvalue weighted by molar-refractivity contribution is 6.47. The molecular weight excluding hydrogens is 541 g/mol. The third kappa shape index (κ3) is 6.27. The number of hydrogen-bond donors (Lipinski definition) is 5. The fourth-order valence-corrected chi connectivity index (χ4v) is 4.62. The second-order valence-corrected chi connectivity index (χ2v) is 9.35. The third-order valence-corrected chi connectivity index (χ3v) is 6.68. The Bertz CT molecular complexity index is 1420. The standard InChI is InChI=1S/C25H26BN5O10/c1-2-30-9-10-31(23(36)22(30)35)25(39)28-19(15-6-4-8-29(12-15)13-18(32)33)21(34)27-17-11-14-5-3-7-16(24(37)38)20(14)41-26(17)40/h3-8,12,17,19,40H,2,9-11,13H2,1H3,(H3-,27,28,32,33,34,37,38,39)/p+1. The van der Waals surface area contributed by atoms with Crippen LogP contribution in [-0.2, 0) is 32.1 Å². The smallest absolute Gasteiger partial charge is 0.534 e.